The van der Waals surface area contributed by atoms with Crippen LogP contribution in [0.1, 0.15) is 45.2 Å². The van der Waals surface area contributed by atoms with E-state index in [0.717, 1.165) is 30.3 Å². The van der Waals surface area contributed by atoms with Crippen molar-refractivity contribution < 1.29 is 0 Å². The fourth-order valence-electron chi connectivity index (χ4n) is 1.77. The molecule has 0 atom stereocenters. The van der Waals surface area contributed by atoms with E-state index in [1.54, 1.807) is 0 Å². The van der Waals surface area contributed by atoms with Gasteiger partial charge in [-0.3, -0.25) is 0 Å². The first kappa shape index (κ1) is 13.8. The fraction of sp³-hybridized carbons (Fsp3) is 0.643. The molecule has 1 rings (SSSR count). The molecule has 0 aliphatic heterocycles. The molecule has 1 aromatic heterocycles. The molecule has 0 aliphatic carbocycles. The van der Waals surface area contributed by atoms with Crippen LogP contribution in [0, 0.1) is 6.92 Å². The second-order valence-corrected chi connectivity index (χ2v) is 4.54. The smallest absolute Gasteiger partial charge is 0.128 e. The summed E-state index contributed by atoms with van der Waals surface area (Å²) in [6, 6.07) is 4.00. The molecule has 0 aromatic carbocycles. The van der Waals surface area contributed by atoms with E-state index in [0.29, 0.717) is 0 Å². The SMILES string of the molecule is CCCCN(CCCC)c1ccc(N)c(C)n1. The molecule has 0 spiro atoms. The molecule has 0 unspecified atom stereocenters. The number of hydrogen-bond acceptors (Lipinski definition) is 3. The van der Waals surface area contributed by atoms with Crippen molar-refractivity contribution in [2.45, 2.75) is 46.5 Å². The minimum absolute atomic E-state index is 0.777. The number of pyridine rings is 1. The van der Waals surface area contributed by atoms with Gasteiger partial charge in [0.25, 0.3) is 0 Å². The molecular weight excluding hydrogens is 210 g/mol. The number of unbranched alkanes of at least 4 members (excludes halogenated alkanes) is 2. The maximum Gasteiger partial charge on any atom is 0.128 e. The minimum atomic E-state index is 0.777. The lowest BCUT2D eigenvalue weighted by Gasteiger charge is -2.24. The number of aromatic nitrogens is 1. The highest BCUT2D eigenvalue weighted by molar-refractivity contribution is 5.50. The van der Waals surface area contributed by atoms with Crippen molar-refractivity contribution in [3.63, 3.8) is 0 Å². The van der Waals surface area contributed by atoms with E-state index >= 15 is 0 Å². The Morgan fingerprint density at radius 2 is 1.71 bits per heavy atom. The van der Waals surface area contributed by atoms with Crippen molar-refractivity contribution in [2.75, 3.05) is 23.7 Å². The molecular formula is C14H25N3. The standard InChI is InChI=1S/C14H25N3/c1-4-6-10-17(11-7-5-2)14-9-8-13(15)12(3)16-14/h8-9H,4-7,10-11,15H2,1-3H3. The number of aryl methyl sites for hydroxylation is 1. The minimum Gasteiger partial charge on any atom is -0.397 e. The van der Waals surface area contributed by atoms with Gasteiger partial charge in [0.15, 0.2) is 0 Å². The molecule has 96 valence electrons. The van der Waals surface area contributed by atoms with Crippen LogP contribution < -0.4 is 10.6 Å². The average molecular weight is 235 g/mol. The predicted molar refractivity (Wildman–Crippen MR) is 75.4 cm³/mol. The van der Waals surface area contributed by atoms with Crippen LogP contribution in [0.3, 0.4) is 0 Å². The van der Waals surface area contributed by atoms with Crippen LogP contribution in [-0.2, 0) is 0 Å². The summed E-state index contributed by atoms with van der Waals surface area (Å²) < 4.78 is 0. The molecule has 2 N–H and O–H groups in total. The summed E-state index contributed by atoms with van der Waals surface area (Å²) in [5.41, 5.74) is 7.52. The Morgan fingerprint density at radius 1 is 1.12 bits per heavy atom. The Kier molecular flexibility index (Phi) is 5.81. The first-order valence-corrected chi connectivity index (χ1v) is 6.67. The van der Waals surface area contributed by atoms with Crippen LogP contribution in [-0.4, -0.2) is 18.1 Å². The van der Waals surface area contributed by atoms with E-state index in [9.17, 15) is 0 Å². The number of rotatable bonds is 7. The van der Waals surface area contributed by atoms with Crippen molar-refractivity contribution in [3.05, 3.63) is 17.8 Å². The van der Waals surface area contributed by atoms with Gasteiger partial charge in [-0.15, -0.1) is 0 Å². The number of hydrogen-bond donors (Lipinski definition) is 1. The van der Waals surface area contributed by atoms with Crippen LogP contribution in [0.25, 0.3) is 0 Å². The van der Waals surface area contributed by atoms with Gasteiger partial charge >= 0.3 is 0 Å². The molecule has 0 amide bonds. The lowest BCUT2D eigenvalue weighted by molar-refractivity contribution is 0.670. The van der Waals surface area contributed by atoms with Gasteiger partial charge in [-0.25, -0.2) is 4.98 Å². The first-order chi connectivity index (χ1) is 8.19. The molecule has 0 radical (unpaired) electrons. The van der Waals surface area contributed by atoms with E-state index in [1.165, 1.54) is 25.7 Å². The summed E-state index contributed by atoms with van der Waals surface area (Å²) in [4.78, 5) is 6.95. The largest absolute Gasteiger partial charge is 0.397 e. The Morgan fingerprint density at radius 3 is 2.18 bits per heavy atom. The molecule has 3 nitrogen and oxygen atoms in total. The zero-order valence-corrected chi connectivity index (χ0v) is 11.4. The molecule has 0 aliphatic rings. The normalized spacial score (nSPS) is 10.5. The number of nitrogens with zero attached hydrogens (tertiary/aromatic N) is 2. The molecule has 1 aromatic rings. The van der Waals surface area contributed by atoms with Gasteiger partial charge < -0.3 is 10.6 Å². The highest BCUT2D eigenvalue weighted by Gasteiger charge is 2.07. The summed E-state index contributed by atoms with van der Waals surface area (Å²) in [6.07, 6.45) is 4.87. The van der Waals surface area contributed by atoms with Crippen molar-refractivity contribution in [3.8, 4) is 0 Å². The molecule has 0 saturated heterocycles. The lowest BCUT2D eigenvalue weighted by Crippen LogP contribution is -2.26. The summed E-state index contributed by atoms with van der Waals surface area (Å²) in [5.74, 6) is 1.07. The summed E-state index contributed by atoms with van der Waals surface area (Å²) >= 11 is 0. The third kappa shape index (κ3) is 4.25. The van der Waals surface area contributed by atoms with Gasteiger partial charge in [0.1, 0.15) is 5.82 Å². The number of anilines is 2. The monoisotopic (exact) mass is 235 g/mol. The topological polar surface area (TPSA) is 42.1 Å². The highest BCUT2D eigenvalue weighted by atomic mass is 15.2. The van der Waals surface area contributed by atoms with Crippen LogP contribution in [0.5, 0.6) is 0 Å². The number of nitrogens with two attached hydrogens (primary N) is 1. The van der Waals surface area contributed by atoms with E-state index in [4.69, 9.17) is 5.73 Å². The predicted octanol–water partition coefficient (Wildman–Crippen LogP) is 3.38. The van der Waals surface area contributed by atoms with Gasteiger partial charge in [-0.2, -0.15) is 0 Å². The maximum atomic E-state index is 5.81. The third-order valence-corrected chi connectivity index (χ3v) is 3.00. The molecule has 1 heterocycles. The zero-order valence-electron chi connectivity index (χ0n) is 11.4. The van der Waals surface area contributed by atoms with Gasteiger partial charge in [0.2, 0.25) is 0 Å². The molecule has 0 bridgehead atoms. The van der Waals surface area contributed by atoms with E-state index < -0.39 is 0 Å². The summed E-state index contributed by atoms with van der Waals surface area (Å²) in [5, 5.41) is 0. The quantitative estimate of drug-likeness (QED) is 0.787. The van der Waals surface area contributed by atoms with Crippen LogP contribution in [0.15, 0.2) is 12.1 Å². The van der Waals surface area contributed by atoms with Gasteiger partial charge in [-0.05, 0) is 31.9 Å². The highest BCUT2D eigenvalue weighted by Crippen LogP contribution is 2.17. The Bertz CT molecular complexity index is 328. The van der Waals surface area contributed by atoms with E-state index in [1.807, 2.05) is 19.1 Å². The Hall–Kier alpha value is -1.25. The van der Waals surface area contributed by atoms with Crippen molar-refractivity contribution in [1.82, 2.24) is 4.98 Å². The van der Waals surface area contributed by atoms with Gasteiger partial charge in [0.05, 0.1) is 11.4 Å². The Labute approximate surface area is 105 Å². The van der Waals surface area contributed by atoms with Gasteiger partial charge in [-0.1, -0.05) is 26.7 Å². The van der Waals surface area contributed by atoms with Crippen LogP contribution >= 0.6 is 0 Å². The molecule has 0 saturated carbocycles. The first-order valence-electron chi connectivity index (χ1n) is 6.67. The van der Waals surface area contributed by atoms with Crippen LogP contribution in [0.2, 0.25) is 0 Å². The zero-order chi connectivity index (χ0) is 12.7. The lowest BCUT2D eigenvalue weighted by atomic mass is 10.2. The third-order valence-electron chi connectivity index (χ3n) is 3.00. The molecule has 17 heavy (non-hydrogen) atoms. The second-order valence-electron chi connectivity index (χ2n) is 4.54. The van der Waals surface area contributed by atoms with Crippen molar-refractivity contribution >= 4 is 11.5 Å². The molecule has 3 heteroatoms. The maximum absolute atomic E-state index is 5.81. The van der Waals surface area contributed by atoms with E-state index in [2.05, 4.69) is 23.7 Å². The van der Waals surface area contributed by atoms with Crippen molar-refractivity contribution in [2.24, 2.45) is 0 Å². The average Bonchev–Trinajstić information content (AvgIpc) is 2.33. The number of nitrogen functional groups attached to an aromatic ring is 1. The molecule has 0 fully saturated rings. The van der Waals surface area contributed by atoms with Gasteiger partial charge in [0, 0.05) is 13.1 Å². The Balaban J connectivity index is 2.75. The second kappa shape index (κ2) is 7.15. The summed E-state index contributed by atoms with van der Waals surface area (Å²) in [6.45, 7) is 8.59. The summed E-state index contributed by atoms with van der Waals surface area (Å²) in [7, 11) is 0. The van der Waals surface area contributed by atoms with E-state index in [-0.39, 0.29) is 0 Å². The fourth-order valence-corrected chi connectivity index (χ4v) is 1.77. The van der Waals surface area contributed by atoms with Crippen LogP contribution in [0.4, 0.5) is 11.5 Å². The van der Waals surface area contributed by atoms with Crippen molar-refractivity contribution in [1.29, 1.82) is 0 Å².